The summed E-state index contributed by atoms with van der Waals surface area (Å²) < 4.78 is 0. The summed E-state index contributed by atoms with van der Waals surface area (Å²) in [6, 6.07) is 0. The van der Waals surface area contributed by atoms with Gasteiger partial charge in [0.25, 0.3) is 0 Å². The number of carbonyl (C=O) groups excluding carboxylic acids is 2. The van der Waals surface area contributed by atoms with E-state index >= 15 is 0 Å². The second-order valence-corrected chi connectivity index (χ2v) is 3.71. The van der Waals surface area contributed by atoms with Gasteiger partial charge < -0.3 is 16.4 Å². The molecule has 0 aromatic rings. The molecule has 1 aliphatic heterocycles. The van der Waals surface area contributed by atoms with Gasteiger partial charge in [-0.25, -0.2) is 0 Å². The van der Waals surface area contributed by atoms with Crippen molar-refractivity contribution in [2.45, 2.75) is 19.8 Å². The largest absolute Gasteiger partial charge is 0.368 e. The summed E-state index contributed by atoms with van der Waals surface area (Å²) in [4.78, 5) is 22.2. The molecule has 0 aromatic carbocycles. The van der Waals surface area contributed by atoms with Crippen molar-refractivity contribution in [3.05, 3.63) is 0 Å². The zero-order chi connectivity index (χ0) is 10.6. The van der Waals surface area contributed by atoms with Gasteiger partial charge in [-0.15, -0.1) is 0 Å². The van der Waals surface area contributed by atoms with Gasteiger partial charge in [0.15, 0.2) is 0 Å². The molecule has 1 aliphatic rings. The van der Waals surface area contributed by atoms with E-state index in [-0.39, 0.29) is 17.9 Å². The van der Waals surface area contributed by atoms with Crippen LogP contribution in [0.1, 0.15) is 19.8 Å². The maximum Gasteiger partial charge on any atom is 0.236 e. The van der Waals surface area contributed by atoms with E-state index in [1.54, 1.807) is 0 Å². The minimum Gasteiger partial charge on any atom is -0.368 e. The average molecular weight is 199 g/mol. The van der Waals surface area contributed by atoms with Crippen LogP contribution in [0.2, 0.25) is 0 Å². The van der Waals surface area contributed by atoms with Crippen LogP contribution in [0.25, 0.3) is 0 Å². The van der Waals surface area contributed by atoms with Gasteiger partial charge in [-0.3, -0.25) is 9.59 Å². The molecular weight excluding hydrogens is 182 g/mol. The number of nitrogens with two attached hydrogens (primary N) is 1. The molecule has 80 valence electrons. The highest BCUT2D eigenvalue weighted by atomic mass is 16.2. The van der Waals surface area contributed by atoms with Crippen molar-refractivity contribution >= 4 is 11.8 Å². The molecule has 0 aromatic heterocycles. The van der Waals surface area contributed by atoms with Gasteiger partial charge in [-0.05, 0) is 19.4 Å². The van der Waals surface area contributed by atoms with Crippen LogP contribution in [-0.2, 0) is 9.59 Å². The fourth-order valence-electron chi connectivity index (χ4n) is 1.75. The maximum absolute atomic E-state index is 11.7. The number of hydrogen-bond acceptors (Lipinski definition) is 3. The van der Waals surface area contributed by atoms with Crippen LogP contribution in [0.5, 0.6) is 0 Å². The van der Waals surface area contributed by atoms with Crippen molar-refractivity contribution in [1.29, 1.82) is 0 Å². The molecule has 0 bridgehead atoms. The molecular formula is C9H17N3O2. The SMILES string of the molecule is CCC1(C(=O)NCC(N)=O)CCNC1. The van der Waals surface area contributed by atoms with Crippen LogP contribution in [0.4, 0.5) is 0 Å². The molecule has 1 saturated heterocycles. The highest BCUT2D eigenvalue weighted by molar-refractivity contribution is 5.87. The Morgan fingerprint density at radius 1 is 1.57 bits per heavy atom. The van der Waals surface area contributed by atoms with Crippen LogP contribution < -0.4 is 16.4 Å². The predicted molar refractivity (Wildman–Crippen MR) is 52.4 cm³/mol. The second kappa shape index (κ2) is 4.41. The Bertz CT molecular complexity index is 234. The first-order valence-electron chi connectivity index (χ1n) is 4.88. The molecule has 0 radical (unpaired) electrons. The lowest BCUT2D eigenvalue weighted by Crippen LogP contribution is -2.45. The van der Waals surface area contributed by atoms with E-state index in [1.165, 1.54) is 0 Å². The van der Waals surface area contributed by atoms with Crippen molar-refractivity contribution in [1.82, 2.24) is 10.6 Å². The molecule has 0 aliphatic carbocycles. The summed E-state index contributed by atoms with van der Waals surface area (Å²) >= 11 is 0. The zero-order valence-electron chi connectivity index (χ0n) is 8.43. The number of amides is 2. The van der Waals surface area contributed by atoms with Crippen LogP contribution in [0, 0.1) is 5.41 Å². The lowest BCUT2D eigenvalue weighted by molar-refractivity contribution is -0.132. The molecule has 2 amide bonds. The predicted octanol–water partition coefficient (Wildman–Crippen LogP) is -1.02. The minimum absolute atomic E-state index is 0.0659. The Balaban J connectivity index is 2.52. The lowest BCUT2D eigenvalue weighted by Gasteiger charge is -2.24. The molecule has 4 N–H and O–H groups in total. The van der Waals surface area contributed by atoms with E-state index in [1.807, 2.05) is 6.92 Å². The smallest absolute Gasteiger partial charge is 0.236 e. The zero-order valence-corrected chi connectivity index (χ0v) is 8.43. The minimum atomic E-state index is -0.504. The highest BCUT2D eigenvalue weighted by Crippen LogP contribution is 2.29. The van der Waals surface area contributed by atoms with E-state index < -0.39 is 5.91 Å². The Labute approximate surface area is 83.4 Å². The van der Waals surface area contributed by atoms with Gasteiger partial charge in [0, 0.05) is 6.54 Å². The van der Waals surface area contributed by atoms with Crippen LogP contribution in [0.3, 0.4) is 0 Å². The van der Waals surface area contributed by atoms with E-state index in [0.29, 0.717) is 6.54 Å². The number of hydrogen-bond donors (Lipinski definition) is 3. The van der Waals surface area contributed by atoms with Crippen LogP contribution >= 0.6 is 0 Å². The normalized spacial score (nSPS) is 26.1. The molecule has 1 heterocycles. The summed E-state index contributed by atoms with van der Waals surface area (Å²) in [6.45, 7) is 3.46. The third-order valence-electron chi connectivity index (χ3n) is 2.83. The fraction of sp³-hybridized carbons (Fsp3) is 0.778. The summed E-state index contributed by atoms with van der Waals surface area (Å²) in [6.07, 6.45) is 1.61. The molecule has 5 nitrogen and oxygen atoms in total. The molecule has 1 rings (SSSR count). The van der Waals surface area contributed by atoms with Crippen LogP contribution in [-0.4, -0.2) is 31.4 Å². The maximum atomic E-state index is 11.7. The highest BCUT2D eigenvalue weighted by Gasteiger charge is 2.39. The quantitative estimate of drug-likeness (QED) is 0.541. The van der Waals surface area contributed by atoms with Gasteiger partial charge >= 0.3 is 0 Å². The van der Waals surface area contributed by atoms with E-state index in [0.717, 1.165) is 19.4 Å². The van der Waals surface area contributed by atoms with Gasteiger partial charge in [0.1, 0.15) is 0 Å². The second-order valence-electron chi connectivity index (χ2n) is 3.71. The molecule has 1 unspecified atom stereocenters. The summed E-state index contributed by atoms with van der Waals surface area (Å²) in [7, 11) is 0. The number of primary amides is 1. The van der Waals surface area contributed by atoms with Crippen molar-refractivity contribution in [2.24, 2.45) is 11.1 Å². The monoisotopic (exact) mass is 199 g/mol. The number of rotatable bonds is 4. The molecule has 1 fully saturated rings. The summed E-state index contributed by atoms with van der Waals surface area (Å²) in [5.74, 6) is -0.570. The van der Waals surface area contributed by atoms with Crippen molar-refractivity contribution in [3.63, 3.8) is 0 Å². The standard InChI is InChI=1S/C9H17N3O2/c1-2-9(3-4-11-6-9)8(14)12-5-7(10)13/h11H,2-6H2,1H3,(H2,10,13)(H,12,14). The third-order valence-corrected chi connectivity index (χ3v) is 2.83. The first-order chi connectivity index (χ1) is 6.60. The van der Waals surface area contributed by atoms with Crippen LogP contribution in [0.15, 0.2) is 0 Å². The number of carbonyl (C=O) groups is 2. The third kappa shape index (κ3) is 2.23. The van der Waals surface area contributed by atoms with Crippen molar-refractivity contribution in [3.8, 4) is 0 Å². The lowest BCUT2D eigenvalue weighted by atomic mass is 9.83. The average Bonchev–Trinajstić information content (AvgIpc) is 2.63. The molecule has 5 heteroatoms. The fourth-order valence-corrected chi connectivity index (χ4v) is 1.75. The first kappa shape index (κ1) is 11.0. The van der Waals surface area contributed by atoms with E-state index in [2.05, 4.69) is 10.6 Å². The van der Waals surface area contributed by atoms with Gasteiger partial charge in [0.2, 0.25) is 11.8 Å². The molecule has 0 saturated carbocycles. The van der Waals surface area contributed by atoms with Gasteiger partial charge in [0.05, 0.1) is 12.0 Å². The van der Waals surface area contributed by atoms with Gasteiger partial charge in [-0.2, -0.15) is 0 Å². The van der Waals surface area contributed by atoms with E-state index in [9.17, 15) is 9.59 Å². The molecule has 14 heavy (non-hydrogen) atoms. The topological polar surface area (TPSA) is 84.2 Å². The Kier molecular flexibility index (Phi) is 3.46. The van der Waals surface area contributed by atoms with Crippen molar-refractivity contribution in [2.75, 3.05) is 19.6 Å². The summed E-state index contributed by atoms with van der Waals surface area (Å²) in [5, 5.41) is 5.72. The Morgan fingerprint density at radius 2 is 2.29 bits per heavy atom. The Hall–Kier alpha value is -1.10. The summed E-state index contributed by atoms with van der Waals surface area (Å²) in [5.41, 5.74) is 4.62. The van der Waals surface area contributed by atoms with Crippen molar-refractivity contribution < 1.29 is 9.59 Å². The van der Waals surface area contributed by atoms with Gasteiger partial charge in [-0.1, -0.05) is 6.92 Å². The molecule has 1 atom stereocenters. The molecule has 0 spiro atoms. The Morgan fingerprint density at radius 3 is 2.71 bits per heavy atom. The number of nitrogens with one attached hydrogen (secondary N) is 2. The van der Waals surface area contributed by atoms with E-state index in [4.69, 9.17) is 5.73 Å². The first-order valence-corrected chi connectivity index (χ1v) is 4.88.